The molecule has 3 aromatic rings. The van der Waals surface area contributed by atoms with Crippen LogP contribution in [0.3, 0.4) is 0 Å². The molecule has 2 aromatic heterocycles. The summed E-state index contributed by atoms with van der Waals surface area (Å²) in [6.07, 6.45) is -1.85. The first-order valence-corrected chi connectivity index (χ1v) is 10.3. The highest BCUT2D eigenvalue weighted by molar-refractivity contribution is 7.15. The number of hydrogen-bond donors (Lipinski definition) is 0. The maximum atomic E-state index is 12.9. The average molecular weight is 461 g/mol. The lowest BCUT2D eigenvalue weighted by Crippen LogP contribution is -2.09. The van der Waals surface area contributed by atoms with E-state index in [1.54, 1.807) is 18.3 Å². The number of aromatic nitrogens is 2. The number of thiazole rings is 1. The van der Waals surface area contributed by atoms with Gasteiger partial charge in [-0.1, -0.05) is 23.2 Å². The van der Waals surface area contributed by atoms with Gasteiger partial charge in [-0.2, -0.15) is 13.2 Å². The van der Waals surface area contributed by atoms with E-state index < -0.39 is 11.9 Å². The summed E-state index contributed by atoms with van der Waals surface area (Å²) >= 11 is 13.5. The van der Waals surface area contributed by atoms with Crippen molar-refractivity contribution < 1.29 is 17.9 Å². The van der Waals surface area contributed by atoms with Crippen LogP contribution < -0.4 is 4.74 Å². The number of benzene rings is 1. The molecule has 3 rings (SSSR count). The van der Waals surface area contributed by atoms with Crippen molar-refractivity contribution >= 4 is 34.5 Å². The van der Waals surface area contributed by atoms with Gasteiger partial charge >= 0.3 is 6.18 Å². The monoisotopic (exact) mass is 460 g/mol. The van der Waals surface area contributed by atoms with Gasteiger partial charge in [-0.05, 0) is 62.6 Å². The third kappa shape index (κ3) is 5.84. The van der Waals surface area contributed by atoms with Crippen LogP contribution in [0, 0.1) is 0 Å². The second-order valence-corrected chi connectivity index (χ2v) is 8.53. The molecule has 3 nitrogen and oxygen atoms in total. The molecule has 0 aliphatic rings. The molecule has 154 valence electrons. The van der Waals surface area contributed by atoms with Crippen molar-refractivity contribution in [3.8, 4) is 16.3 Å². The highest BCUT2D eigenvalue weighted by Crippen LogP contribution is 2.34. The van der Waals surface area contributed by atoms with Crippen molar-refractivity contribution in [1.82, 2.24) is 9.97 Å². The molecule has 0 atom stereocenters. The van der Waals surface area contributed by atoms with Crippen LogP contribution in [-0.2, 0) is 19.0 Å². The van der Waals surface area contributed by atoms with Gasteiger partial charge in [-0.3, -0.25) is 0 Å². The van der Waals surface area contributed by atoms with E-state index in [2.05, 4.69) is 9.97 Å². The van der Waals surface area contributed by atoms with Crippen LogP contribution in [0.4, 0.5) is 13.2 Å². The topological polar surface area (TPSA) is 35.0 Å². The summed E-state index contributed by atoms with van der Waals surface area (Å²) in [4.78, 5) is 8.69. The normalized spacial score (nSPS) is 11.9. The lowest BCUT2D eigenvalue weighted by atomic mass is 10.1. The Morgan fingerprint density at radius 3 is 2.52 bits per heavy atom. The largest absolute Gasteiger partial charge is 0.489 e. The van der Waals surface area contributed by atoms with E-state index >= 15 is 0 Å². The summed E-state index contributed by atoms with van der Waals surface area (Å²) in [6, 6.07) is 7.95. The van der Waals surface area contributed by atoms with Gasteiger partial charge < -0.3 is 4.74 Å². The van der Waals surface area contributed by atoms with E-state index in [0.717, 1.165) is 21.5 Å². The lowest BCUT2D eigenvalue weighted by Gasteiger charge is -2.11. The molecule has 0 amide bonds. The molecule has 0 radical (unpaired) electrons. The molecule has 0 unspecified atom stereocenters. The van der Waals surface area contributed by atoms with Crippen molar-refractivity contribution in [2.45, 2.75) is 39.0 Å². The van der Waals surface area contributed by atoms with Crippen LogP contribution in [0.2, 0.25) is 10.2 Å². The maximum absolute atomic E-state index is 12.9. The highest BCUT2D eigenvalue weighted by Gasteiger charge is 2.33. The maximum Gasteiger partial charge on any atom is 0.433 e. The van der Waals surface area contributed by atoms with E-state index in [1.165, 1.54) is 17.4 Å². The predicted molar refractivity (Wildman–Crippen MR) is 110 cm³/mol. The number of nitrogens with zero attached hydrogens (tertiary/aromatic N) is 2. The smallest absolute Gasteiger partial charge is 0.433 e. The van der Waals surface area contributed by atoms with E-state index in [9.17, 15) is 13.2 Å². The summed E-state index contributed by atoms with van der Waals surface area (Å²) in [5.74, 6) is 0.609. The summed E-state index contributed by atoms with van der Waals surface area (Å²) in [5, 5.41) is 1.11. The summed E-state index contributed by atoms with van der Waals surface area (Å²) in [6.45, 7) is 3.84. The Morgan fingerprint density at radius 2 is 1.86 bits per heavy atom. The zero-order valence-corrected chi connectivity index (χ0v) is 17.9. The predicted octanol–water partition coefficient (Wildman–Crippen LogP) is 7.10. The first kappa shape index (κ1) is 21.9. The van der Waals surface area contributed by atoms with E-state index in [-0.39, 0.29) is 11.3 Å². The number of alkyl halides is 3. The van der Waals surface area contributed by atoms with Crippen molar-refractivity contribution in [3.63, 3.8) is 0 Å². The number of aryl methyl sites for hydroxylation is 2. The van der Waals surface area contributed by atoms with Crippen LogP contribution in [0.25, 0.3) is 10.6 Å². The molecule has 9 heteroatoms. The fraction of sp³-hybridized carbons (Fsp3) is 0.300. The second kappa shape index (κ2) is 8.90. The van der Waals surface area contributed by atoms with Crippen LogP contribution in [-0.4, -0.2) is 16.1 Å². The molecule has 0 fully saturated rings. The van der Waals surface area contributed by atoms with Gasteiger partial charge in [0.1, 0.15) is 21.6 Å². The number of pyridine rings is 1. The molecule has 0 N–H and O–H groups in total. The fourth-order valence-electron chi connectivity index (χ4n) is 2.65. The number of rotatable bonds is 6. The molecular weight excluding hydrogens is 444 g/mol. The SMILES string of the molecule is CC(C)Oc1ccc(-c2ncc(CCc3cc(Cl)nc(C(F)(F)F)c3)s2)cc1Cl. The Balaban J connectivity index is 1.71. The van der Waals surface area contributed by atoms with Gasteiger partial charge in [0.05, 0.1) is 11.1 Å². The molecule has 2 heterocycles. The van der Waals surface area contributed by atoms with E-state index in [0.29, 0.717) is 29.2 Å². The minimum Gasteiger partial charge on any atom is -0.489 e. The number of halogens is 5. The van der Waals surface area contributed by atoms with Gasteiger partial charge in [-0.25, -0.2) is 9.97 Å². The summed E-state index contributed by atoms with van der Waals surface area (Å²) in [5.41, 5.74) is 0.350. The fourth-order valence-corrected chi connectivity index (χ4v) is 4.01. The number of hydrogen-bond acceptors (Lipinski definition) is 4. The van der Waals surface area contributed by atoms with Crippen molar-refractivity contribution in [1.29, 1.82) is 0 Å². The Labute approximate surface area is 180 Å². The first-order chi connectivity index (χ1) is 13.6. The first-order valence-electron chi connectivity index (χ1n) is 8.77. The average Bonchev–Trinajstić information content (AvgIpc) is 3.09. The van der Waals surface area contributed by atoms with Gasteiger partial charge in [0.25, 0.3) is 0 Å². The lowest BCUT2D eigenvalue weighted by molar-refractivity contribution is -0.141. The Kier molecular flexibility index (Phi) is 6.71. The Hall–Kier alpha value is -1.83. The molecule has 0 spiro atoms. The Morgan fingerprint density at radius 1 is 1.10 bits per heavy atom. The van der Waals surface area contributed by atoms with Crippen LogP contribution in [0.15, 0.2) is 36.5 Å². The van der Waals surface area contributed by atoms with Gasteiger partial charge in [-0.15, -0.1) is 11.3 Å². The molecule has 29 heavy (non-hydrogen) atoms. The van der Waals surface area contributed by atoms with E-state index in [1.807, 2.05) is 19.9 Å². The zero-order valence-electron chi connectivity index (χ0n) is 15.6. The van der Waals surface area contributed by atoms with Gasteiger partial charge in [0.15, 0.2) is 0 Å². The molecule has 0 saturated heterocycles. The van der Waals surface area contributed by atoms with E-state index in [4.69, 9.17) is 27.9 Å². The van der Waals surface area contributed by atoms with Crippen molar-refractivity contribution in [3.05, 3.63) is 62.8 Å². The minimum absolute atomic E-state index is 0.0179. The van der Waals surface area contributed by atoms with Gasteiger partial charge in [0.2, 0.25) is 0 Å². The third-order valence-electron chi connectivity index (χ3n) is 3.90. The molecular formula is C20H17Cl2F3N2OS. The third-order valence-corrected chi connectivity index (χ3v) is 5.49. The molecule has 0 bridgehead atoms. The molecule has 1 aromatic carbocycles. The van der Waals surface area contributed by atoms with Crippen molar-refractivity contribution in [2.24, 2.45) is 0 Å². The second-order valence-electron chi connectivity index (χ2n) is 6.62. The summed E-state index contributed by atoms with van der Waals surface area (Å²) in [7, 11) is 0. The van der Waals surface area contributed by atoms with Crippen LogP contribution >= 0.6 is 34.5 Å². The molecule has 0 saturated carbocycles. The zero-order chi connectivity index (χ0) is 21.2. The highest BCUT2D eigenvalue weighted by atomic mass is 35.5. The summed E-state index contributed by atoms with van der Waals surface area (Å²) < 4.78 is 44.3. The number of ether oxygens (including phenoxy) is 1. The van der Waals surface area contributed by atoms with Gasteiger partial charge in [0, 0.05) is 16.6 Å². The minimum atomic E-state index is -4.53. The quantitative estimate of drug-likeness (QED) is 0.367. The molecule has 0 aliphatic carbocycles. The van der Waals surface area contributed by atoms with Crippen LogP contribution in [0.5, 0.6) is 5.75 Å². The standard InChI is InChI=1S/C20H17Cl2F3N2OS/c1-11(2)28-16-6-4-13(9-15(16)21)19-26-10-14(29-19)5-3-12-7-17(20(23,24)25)27-18(22)8-12/h4,6-11H,3,5H2,1-2H3. The van der Waals surface area contributed by atoms with Crippen molar-refractivity contribution in [2.75, 3.05) is 0 Å². The Bertz CT molecular complexity index is 1010. The molecule has 0 aliphatic heterocycles. The van der Waals surface area contributed by atoms with Crippen LogP contribution in [0.1, 0.15) is 30.0 Å².